The maximum absolute atomic E-state index is 14.1. The summed E-state index contributed by atoms with van der Waals surface area (Å²) >= 11 is 0. The van der Waals surface area contributed by atoms with Gasteiger partial charge in [-0.15, -0.1) is 0 Å². The van der Waals surface area contributed by atoms with Crippen LogP contribution in [0.25, 0.3) is 0 Å². The van der Waals surface area contributed by atoms with E-state index in [0.717, 1.165) is 6.07 Å². The molecule has 9 nitrogen and oxygen atoms in total. The van der Waals surface area contributed by atoms with Crippen LogP contribution in [-0.2, 0) is 26.5 Å². The lowest BCUT2D eigenvalue weighted by molar-refractivity contribution is 0.0956. The zero-order chi connectivity index (χ0) is 29.1. The molecule has 2 aliphatic heterocycles. The van der Waals surface area contributed by atoms with Crippen molar-refractivity contribution >= 4 is 26.0 Å². The quantitative estimate of drug-likeness (QED) is 0.317. The summed E-state index contributed by atoms with van der Waals surface area (Å²) < 4.78 is 95.6. The molecular weight excluding hydrogens is 569 g/mol. The van der Waals surface area contributed by atoms with Crippen molar-refractivity contribution in [1.29, 1.82) is 0 Å². The van der Waals surface area contributed by atoms with E-state index in [2.05, 4.69) is 10.0 Å². The van der Waals surface area contributed by atoms with E-state index < -0.39 is 61.0 Å². The molecule has 40 heavy (non-hydrogen) atoms. The van der Waals surface area contributed by atoms with Crippen molar-refractivity contribution in [2.45, 2.75) is 50.2 Å². The Morgan fingerprint density at radius 2 is 1.55 bits per heavy atom. The predicted molar refractivity (Wildman–Crippen MR) is 144 cm³/mol. The molecule has 4 rings (SSSR count). The highest BCUT2D eigenvalue weighted by Crippen LogP contribution is 2.42. The predicted octanol–water partition coefficient (Wildman–Crippen LogP) is 1.90. The van der Waals surface area contributed by atoms with Gasteiger partial charge in [-0.3, -0.25) is 4.79 Å². The van der Waals surface area contributed by atoms with Gasteiger partial charge in [-0.25, -0.2) is 34.7 Å². The third kappa shape index (κ3) is 7.40. The summed E-state index contributed by atoms with van der Waals surface area (Å²) in [5.41, 5.74) is 6.68. The van der Waals surface area contributed by atoms with Gasteiger partial charge in [-0.1, -0.05) is 18.2 Å². The van der Waals surface area contributed by atoms with Gasteiger partial charge in [0.15, 0.2) is 11.6 Å². The number of amides is 1. The second kappa shape index (κ2) is 12.6. The normalized spacial score (nSPS) is 22.2. The fourth-order valence-electron chi connectivity index (χ4n) is 5.61. The van der Waals surface area contributed by atoms with Crippen LogP contribution in [-0.4, -0.2) is 69.8 Å². The number of hydrogen-bond donors (Lipinski definition) is 3. The Morgan fingerprint density at radius 3 is 2.20 bits per heavy atom. The summed E-state index contributed by atoms with van der Waals surface area (Å²) in [4.78, 5) is 12.1. The van der Waals surface area contributed by atoms with Crippen molar-refractivity contribution in [2.24, 2.45) is 11.7 Å². The molecule has 0 aliphatic carbocycles. The smallest absolute Gasteiger partial charge is 0.251 e. The highest BCUT2D eigenvalue weighted by Gasteiger charge is 2.47. The first-order chi connectivity index (χ1) is 18.9. The van der Waals surface area contributed by atoms with Crippen molar-refractivity contribution < 1.29 is 34.8 Å². The number of carbonyl (C=O) groups is 1. The Hall–Kier alpha value is -2.52. The standard InChI is InChI=1S/C26H33F3N4O5S2/c27-22-16-24(29)23(28)14-18(22)15-25(30)19-12-20-6-7-21(13-19)33(20)40(37,38)11-9-32-39(35,36)10-8-31-26(34)17-4-2-1-3-5-17/h1-5,14,16,19-21,25,32H,6-13,15,30H2,(H,31,34)/t19?,20-,21+,25?. The van der Waals surface area contributed by atoms with Crippen LogP contribution in [0.3, 0.4) is 0 Å². The summed E-state index contributed by atoms with van der Waals surface area (Å²) in [5.74, 6) is -4.68. The number of sulfonamides is 2. The summed E-state index contributed by atoms with van der Waals surface area (Å²) in [6.07, 6.45) is 2.12. The molecule has 2 aromatic carbocycles. The first kappa shape index (κ1) is 30.4. The zero-order valence-corrected chi connectivity index (χ0v) is 23.4. The van der Waals surface area contributed by atoms with Crippen molar-refractivity contribution in [1.82, 2.24) is 14.3 Å². The van der Waals surface area contributed by atoms with Crippen molar-refractivity contribution in [3.8, 4) is 0 Å². The van der Waals surface area contributed by atoms with Crippen LogP contribution in [0, 0.1) is 23.4 Å². The van der Waals surface area contributed by atoms with Gasteiger partial charge in [0.1, 0.15) is 5.82 Å². The van der Waals surface area contributed by atoms with Gasteiger partial charge < -0.3 is 11.1 Å². The molecule has 220 valence electrons. The van der Waals surface area contributed by atoms with Gasteiger partial charge in [-0.05, 0) is 61.8 Å². The fourth-order valence-corrected chi connectivity index (χ4v) is 8.53. The molecule has 2 unspecified atom stereocenters. The van der Waals surface area contributed by atoms with Crippen LogP contribution in [0.5, 0.6) is 0 Å². The number of rotatable bonds is 12. The van der Waals surface area contributed by atoms with Crippen LogP contribution in [0.1, 0.15) is 41.6 Å². The molecule has 0 aromatic heterocycles. The summed E-state index contributed by atoms with van der Waals surface area (Å²) in [6, 6.07) is 8.42. The lowest BCUT2D eigenvalue weighted by Gasteiger charge is -2.40. The van der Waals surface area contributed by atoms with E-state index in [9.17, 15) is 34.8 Å². The van der Waals surface area contributed by atoms with Crippen molar-refractivity contribution in [2.75, 3.05) is 24.6 Å². The van der Waals surface area contributed by atoms with E-state index in [0.29, 0.717) is 37.3 Å². The molecular formula is C26H33F3N4O5S2. The Bertz CT molecular complexity index is 1410. The lowest BCUT2D eigenvalue weighted by Crippen LogP contribution is -2.51. The first-order valence-electron chi connectivity index (χ1n) is 13.1. The Balaban J connectivity index is 1.26. The maximum Gasteiger partial charge on any atom is 0.251 e. The number of halogens is 3. The van der Waals surface area contributed by atoms with Crippen LogP contribution in [0.15, 0.2) is 42.5 Å². The van der Waals surface area contributed by atoms with Gasteiger partial charge >= 0.3 is 0 Å². The average Bonchev–Trinajstić information content (AvgIpc) is 3.18. The zero-order valence-electron chi connectivity index (χ0n) is 21.7. The van der Waals surface area contributed by atoms with Gasteiger partial charge in [0.2, 0.25) is 20.0 Å². The Labute approximate surface area is 232 Å². The molecule has 4 atom stereocenters. The topological polar surface area (TPSA) is 139 Å². The second-order valence-corrected chi connectivity index (χ2v) is 14.2. The molecule has 2 fully saturated rings. The number of nitrogens with two attached hydrogens (primary N) is 1. The maximum atomic E-state index is 14.1. The Kier molecular flexibility index (Phi) is 9.55. The third-order valence-electron chi connectivity index (χ3n) is 7.55. The molecule has 0 spiro atoms. The fraction of sp³-hybridized carbons (Fsp3) is 0.500. The highest BCUT2D eigenvalue weighted by molar-refractivity contribution is 7.90. The summed E-state index contributed by atoms with van der Waals surface area (Å²) in [6.45, 7) is -0.451. The summed E-state index contributed by atoms with van der Waals surface area (Å²) in [5, 5.41) is 2.52. The van der Waals surface area contributed by atoms with Gasteiger partial charge in [0, 0.05) is 42.8 Å². The van der Waals surface area contributed by atoms with E-state index in [1.807, 2.05) is 0 Å². The van der Waals surface area contributed by atoms with Gasteiger partial charge in [-0.2, -0.15) is 4.31 Å². The number of hydrogen-bond acceptors (Lipinski definition) is 6. The molecule has 0 radical (unpaired) electrons. The van der Waals surface area contributed by atoms with Gasteiger partial charge in [0.25, 0.3) is 5.91 Å². The van der Waals surface area contributed by atoms with Crippen molar-refractivity contribution in [3.63, 3.8) is 0 Å². The minimum absolute atomic E-state index is 0.00648. The first-order valence-corrected chi connectivity index (χ1v) is 16.3. The van der Waals surface area contributed by atoms with Crippen molar-refractivity contribution in [3.05, 3.63) is 71.0 Å². The number of carbonyl (C=O) groups excluding carboxylic acids is 1. The monoisotopic (exact) mass is 602 g/mol. The van der Waals surface area contributed by atoms with E-state index in [1.165, 1.54) is 4.31 Å². The molecule has 4 N–H and O–H groups in total. The largest absolute Gasteiger partial charge is 0.351 e. The molecule has 2 saturated heterocycles. The van der Waals surface area contributed by atoms with Crippen LogP contribution in [0.4, 0.5) is 13.2 Å². The number of benzene rings is 2. The molecule has 2 aromatic rings. The van der Waals surface area contributed by atoms with E-state index in [-0.39, 0.29) is 43.1 Å². The highest BCUT2D eigenvalue weighted by atomic mass is 32.2. The third-order valence-corrected chi connectivity index (χ3v) is 10.9. The molecule has 14 heteroatoms. The minimum atomic E-state index is -3.83. The Morgan fingerprint density at radius 1 is 0.925 bits per heavy atom. The number of nitrogens with zero attached hydrogens (tertiary/aromatic N) is 1. The average molecular weight is 603 g/mol. The molecule has 2 heterocycles. The minimum Gasteiger partial charge on any atom is -0.351 e. The van der Waals surface area contributed by atoms with Gasteiger partial charge in [0.05, 0.1) is 11.5 Å². The van der Waals surface area contributed by atoms with E-state index in [1.54, 1.807) is 30.3 Å². The van der Waals surface area contributed by atoms with Crippen LogP contribution >= 0.6 is 0 Å². The lowest BCUT2D eigenvalue weighted by atomic mass is 9.83. The molecule has 2 aliphatic rings. The molecule has 0 saturated carbocycles. The summed E-state index contributed by atoms with van der Waals surface area (Å²) in [7, 11) is -7.62. The van der Waals surface area contributed by atoms with Crippen LogP contribution in [0.2, 0.25) is 0 Å². The second-order valence-electron chi connectivity index (χ2n) is 10.3. The van der Waals surface area contributed by atoms with Crippen LogP contribution < -0.4 is 15.8 Å². The SMILES string of the molecule is NC(Cc1cc(F)c(F)cc1F)C1C[C@H]2CC[C@@H](C1)N2S(=O)(=O)CCNS(=O)(=O)CCNC(=O)c1ccccc1. The number of nitrogens with one attached hydrogen (secondary N) is 2. The molecule has 1 amide bonds. The van der Waals surface area contributed by atoms with E-state index >= 15 is 0 Å². The van der Waals surface area contributed by atoms with E-state index in [4.69, 9.17) is 5.73 Å². The molecule has 2 bridgehead atoms. The number of fused-ring (bicyclic) bond motifs is 2. The number of piperidine rings is 1.